The number of amides is 3. The van der Waals surface area contributed by atoms with Crippen LogP contribution in [0.2, 0.25) is 0 Å². The molecule has 152 valence electrons. The van der Waals surface area contributed by atoms with Gasteiger partial charge in [-0.05, 0) is 37.8 Å². The maximum Gasteiger partial charge on any atom is 0.335 e. The van der Waals surface area contributed by atoms with Crippen molar-refractivity contribution >= 4 is 35.1 Å². The van der Waals surface area contributed by atoms with E-state index in [0.717, 1.165) is 0 Å². The van der Waals surface area contributed by atoms with Crippen molar-refractivity contribution < 1.29 is 23.9 Å². The highest BCUT2D eigenvalue weighted by Crippen LogP contribution is 2.23. The number of hydrogen-bond acceptors (Lipinski definition) is 6. The van der Waals surface area contributed by atoms with Crippen LogP contribution in [0.15, 0.2) is 24.3 Å². The summed E-state index contributed by atoms with van der Waals surface area (Å²) in [6.07, 6.45) is 0.530. The van der Waals surface area contributed by atoms with Gasteiger partial charge in [-0.25, -0.2) is 9.59 Å². The van der Waals surface area contributed by atoms with Crippen LogP contribution in [0.5, 0.6) is 0 Å². The first kappa shape index (κ1) is 21.8. The molecular weight excluding hydrogens is 382 g/mol. The highest BCUT2D eigenvalue weighted by molar-refractivity contribution is 7.80. The number of benzene rings is 1. The number of thiocarbonyl (C=S) groups is 1. The zero-order valence-electron chi connectivity index (χ0n) is 16.0. The van der Waals surface area contributed by atoms with Crippen LogP contribution in [0.4, 0.5) is 4.79 Å². The molecule has 2 rings (SSSR count). The lowest BCUT2D eigenvalue weighted by Gasteiger charge is -2.34. The van der Waals surface area contributed by atoms with Crippen LogP contribution in [0, 0.1) is 5.92 Å². The number of hydrogen-bond donors (Lipinski definition) is 2. The Morgan fingerprint density at radius 2 is 1.79 bits per heavy atom. The average molecular weight is 407 g/mol. The third-order valence-corrected chi connectivity index (χ3v) is 4.92. The van der Waals surface area contributed by atoms with Crippen LogP contribution >= 0.6 is 12.2 Å². The van der Waals surface area contributed by atoms with Crippen LogP contribution in [0.25, 0.3) is 0 Å². The van der Waals surface area contributed by atoms with Crippen molar-refractivity contribution in [1.29, 1.82) is 0 Å². The lowest BCUT2D eigenvalue weighted by Crippen LogP contribution is -2.48. The summed E-state index contributed by atoms with van der Waals surface area (Å²) in [5.41, 5.74) is 6.51. The Labute approximate surface area is 169 Å². The van der Waals surface area contributed by atoms with E-state index in [1.165, 1.54) is 7.11 Å². The molecule has 0 radical (unpaired) electrons. The Morgan fingerprint density at radius 1 is 1.21 bits per heavy atom. The first-order valence-electron chi connectivity index (χ1n) is 9.06. The number of nitrogens with zero attached hydrogens (tertiary/aromatic N) is 1. The number of nitrogens with two attached hydrogens (primary N) is 1. The third-order valence-electron chi connectivity index (χ3n) is 4.68. The molecular formula is C19H25N3O5S. The van der Waals surface area contributed by atoms with Gasteiger partial charge in [0.25, 0.3) is 5.91 Å². The number of ether oxygens (including phenoxy) is 2. The minimum Gasteiger partial charge on any atom is -0.464 e. The van der Waals surface area contributed by atoms with Crippen LogP contribution < -0.4 is 11.1 Å². The fourth-order valence-electron chi connectivity index (χ4n) is 3.15. The summed E-state index contributed by atoms with van der Waals surface area (Å²) in [5.74, 6) is -0.914. The Bertz CT molecular complexity index is 730. The Balaban J connectivity index is 1.88. The van der Waals surface area contributed by atoms with Crippen molar-refractivity contribution in [3.63, 3.8) is 0 Å². The molecule has 1 aliphatic heterocycles. The fourth-order valence-corrected chi connectivity index (χ4v) is 3.28. The van der Waals surface area contributed by atoms with Gasteiger partial charge in [0.05, 0.1) is 6.61 Å². The molecule has 0 saturated carbocycles. The summed E-state index contributed by atoms with van der Waals surface area (Å²) in [6.45, 7) is 2.87. The quantitative estimate of drug-likeness (QED) is 0.542. The number of piperidine rings is 1. The van der Waals surface area contributed by atoms with E-state index < -0.39 is 18.0 Å². The van der Waals surface area contributed by atoms with Gasteiger partial charge in [-0.15, -0.1) is 0 Å². The number of nitrogens with one attached hydrogen (secondary N) is 1. The van der Waals surface area contributed by atoms with E-state index in [1.807, 2.05) is 0 Å². The van der Waals surface area contributed by atoms with Crippen LogP contribution in [0.1, 0.15) is 35.7 Å². The van der Waals surface area contributed by atoms with Crippen molar-refractivity contribution in [1.82, 2.24) is 10.2 Å². The second kappa shape index (κ2) is 10.1. The Hall–Kier alpha value is -2.52. The molecule has 28 heavy (non-hydrogen) atoms. The average Bonchev–Trinajstić information content (AvgIpc) is 2.69. The maximum absolute atomic E-state index is 12.4. The second-order valence-corrected chi connectivity index (χ2v) is 6.87. The van der Waals surface area contributed by atoms with E-state index in [1.54, 1.807) is 36.1 Å². The van der Waals surface area contributed by atoms with E-state index in [9.17, 15) is 14.4 Å². The van der Waals surface area contributed by atoms with Gasteiger partial charge < -0.3 is 20.1 Å². The minimum atomic E-state index is -0.640. The molecule has 8 nitrogen and oxygen atoms in total. The number of methoxy groups -OCH3 is 1. The molecule has 0 spiro atoms. The molecule has 1 aromatic carbocycles. The normalized spacial score (nSPS) is 15.6. The number of rotatable bonds is 6. The summed E-state index contributed by atoms with van der Waals surface area (Å²) in [5, 5.41) is 2.38. The number of carbonyl (C=O) groups excluding carboxylic acids is 3. The fraction of sp³-hybridized carbons (Fsp3) is 0.474. The zero-order chi connectivity index (χ0) is 20.7. The highest BCUT2D eigenvalue weighted by atomic mass is 32.1. The molecule has 1 fully saturated rings. The van der Waals surface area contributed by atoms with E-state index in [0.29, 0.717) is 43.7 Å². The number of imide groups is 1. The molecule has 3 amide bonds. The van der Waals surface area contributed by atoms with Gasteiger partial charge in [-0.2, -0.15) is 0 Å². The molecule has 1 atom stereocenters. The first-order valence-corrected chi connectivity index (χ1v) is 9.47. The number of esters is 1. The standard InChI is InChI=1S/C19H25N3O5S/c1-3-27-18(24)15(26-2)12-8-10-22(11-9-12)19(25)21-17(23)14-6-4-13(5-7-14)16(20)28/h4-7,12,15H,3,8-11H2,1-2H3,(H2,20,28)(H,21,23,25). The summed E-state index contributed by atoms with van der Waals surface area (Å²) in [7, 11) is 1.47. The molecule has 1 saturated heterocycles. The van der Waals surface area contributed by atoms with E-state index in [2.05, 4.69) is 5.32 Å². The molecule has 1 aliphatic rings. The molecule has 3 N–H and O–H groups in total. The maximum atomic E-state index is 12.4. The lowest BCUT2D eigenvalue weighted by atomic mass is 9.91. The third kappa shape index (κ3) is 5.49. The summed E-state index contributed by atoms with van der Waals surface area (Å²) < 4.78 is 10.3. The van der Waals surface area contributed by atoms with Crippen molar-refractivity contribution in [2.24, 2.45) is 11.7 Å². The van der Waals surface area contributed by atoms with Gasteiger partial charge in [-0.3, -0.25) is 10.1 Å². The summed E-state index contributed by atoms with van der Waals surface area (Å²) in [4.78, 5) is 38.4. The molecule has 1 aromatic rings. The predicted molar refractivity (Wildman–Crippen MR) is 107 cm³/mol. The van der Waals surface area contributed by atoms with Crippen molar-refractivity contribution in [3.05, 3.63) is 35.4 Å². The smallest absolute Gasteiger partial charge is 0.335 e. The van der Waals surface area contributed by atoms with Gasteiger partial charge in [0.1, 0.15) is 4.99 Å². The molecule has 9 heteroatoms. The minimum absolute atomic E-state index is 0.0311. The number of urea groups is 1. The Morgan fingerprint density at radius 3 is 2.29 bits per heavy atom. The summed E-state index contributed by atoms with van der Waals surface area (Å²) >= 11 is 4.87. The Kier molecular flexibility index (Phi) is 7.89. The molecule has 1 heterocycles. The molecule has 0 aromatic heterocycles. The predicted octanol–water partition coefficient (Wildman–Crippen LogP) is 1.46. The van der Waals surface area contributed by atoms with Gasteiger partial charge in [0, 0.05) is 31.3 Å². The molecule has 0 bridgehead atoms. The lowest BCUT2D eigenvalue weighted by molar-refractivity contribution is -0.159. The van der Waals surface area contributed by atoms with Crippen LogP contribution in [-0.4, -0.2) is 60.7 Å². The van der Waals surface area contributed by atoms with Gasteiger partial charge in [-0.1, -0.05) is 24.4 Å². The van der Waals surface area contributed by atoms with Crippen molar-refractivity contribution in [3.8, 4) is 0 Å². The highest BCUT2D eigenvalue weighted by Gasteiger charge is 2.34. The summed E-state index contributed by atoms with van der Waals surface area (Å²) in [6, 6.07) is 5.92. The first-order chi connectivity index (χ1) is 13.4. The van der Waals surface area contributed by atoms with Gasteiger partial charge in [0.2, 0.25) is 0 Å². The number of likely N-dealkylation sites (tertiary alicyclic amines) is 1. The SMILES string of the molecule is CCOC(=O)C(OC)C1CCN(C(=O)NC(=O)c2ccc(C(N)=S)cc2)CC1. The monoisotopic (exact) mass is 407 g/mol. The zero-order valence-corrected chi connectivity index (χ0v) is 16.8. The van der Waals surface area contributed by atoms with Gasteiger partial charge >= 0.3 is 12.0 Å². The number of carbonyl (C=O) groups is 3. The molecule has 1 unspecified atom stereocenters. The van der Waals surface area contributed by atoms with E-state index in [-0.39, 0.29) is 16.9 Å². The van der Waals surface area contributed by atoms with Crippen LogP contribution in [0.3, 0.4) is 0 Å². The van der Waals surface area contributed by atoms with E-state index in [4.69, 9.17) is 27.4 Å². The van der Waals surface area contributed by atoms with Crippen molar-refractivity contribution in [2.45, 2.75) is 25.9 Å². The second-order valence-electron chi connectivity index (χ2n) is 6.43. The largest absolute Gasteiger partial charge is 0.464 e. The topological polar surface area (TPSA) is 111 Å². The van der Waals surface area contributed by atoms with Crippen molar-refractivity contribution in [2.75, 3.05) is 26.8 Å². The van der Waals surface area contributed by atoms with Gasteiger partial charge in [0.15, 0.2) is 6.10 Å². The van der Waals surface area contributed by atoms with E-state index >= 15 is 0 Å². The molecule has 0 aliphatic carbocycles. The van der Waals surface area contributed by atoms with Crippen LogP contribution in [-0.2, 0) is 14.3 Å².